The molecular formula is C8H14NO-. The van der Waals surface area contributed by atoms with Gasteiger partial charge in [0.2, 0.25) is 0 Å². The van der Waals surface area contributed by atoms with Gasteiger partial charge in [-0.25, -0.2) is 0 Å². The molecule has 0 heterocycles. The number of hydrogen-bond donors (Lipinski definition) is 0. The quantitative estimate of drug-likeness (QED) is 0.554. The minimum absolute atomic E-state index is 0.760. The molecule has 2 rings (SSSR count). The van der Waals surface area contributed by atoms with Crippen molar-refractivity contribution in [3.63, 3.8) is 0 Å². The maximum Gasteiger partial charge on any atom is -0.0116 e. The Bertz CT molecular complexity index is 104. The molecular weight excluding hydrogens is 126 g/mol. The monoisotopic (exact) mass is 140 g/mol. The van der Waals surface area contributed by atoms with E-state index < -0.39 is 0 Å². The van der Waals surface area contributed by atoms with E-state index in [9.17, 15) is 5.21 Å². The SMILES string of the molecule is [O-]N(CC1CC1)CC1CC1. The minimum Gasteiger partial charge on any atom is -0.785 e. The molecule has 0 N–H and O–H groups in total. The van der Waals surface area contributed by atoms with Crippen LogP contribution < -0.4 is 0 Å². The number of hydroxylamine groups is 2. The van der Waals surface area contributed by atoms with Gasteiger partial charge in [0, 0.05) is 0 Å². The third-order valence-corrected chi connectivity index (χ3v) is 2.32. The topological polar surface area (TPSA) is 26.3 Å². The lowest BCUT2D eigenvalue weighted by Crippen LogP contribution is -2.21. The lowest BCUT2D eigenvalue weighted by atomic mass is 10.3. The first kappa shape index (κ1) is 6.62. The molecule has 2 aliphatic rings. The van der Waals surface area contributed by atoms with Crippen LogP contribution in [0, 0.1) is 17.0 Å². The van der Waals surface area contributed by atoms with E-state index >= 15 is 0 Å². The summed E-state index contributed by atoms with van der Waals surface area (Å²) >= 11 is 0. The largest absolute Gasteiger partial charge is 0.785 e. The van der Waals surface area contributed by atoms with Crippen LogP contribution in [0.3, 0.4) is 0 Å². The second-order valence-electron chi connectivity index (χ2n) is 3.73. The molecule has 2 nitrogen and oxygen atoms in total. The zero-order chi connectivity index (χ0) is 6.97. The van der Waals surface area contributed by atoms with Gasteiger partial charge in [0.15, 0.2) is 0 Å². The summed E-state index contributed by atoms with van der Waals surface area (Å²) in [6, 6.07) is 0. The van der Waals surface area contributed by atoms with Crippen LogP contribution >= 0.6 is 0 Å². The average Bonchev–Trinajstić information content (AvgIpc) is 2.59. The van der Waals surface area contributed by atoms with E-state index in [0.29, 0.717) is 0 Å². The lowest BCUT2D eigenvalue weighted by Gasteiger charge is -2.27. The second kappa shape index (κ2) is 2.51. The third kappa shape index (κ3) is 1.96. The first-order chi connectivity index (χ1) is 4.84. The maximum atomic E-state index is 11.1. The van der Waals surface area contributed by atoms with E-state index in [1.807, 2.05) is 0 Å². The molecule has 10 heavy (non-hydrogen) atoms. The van der Waals surface area contributed by atoms with Crippen LogP contribution in [0.4, 0.5) is 0 Å². The van der Waals surface area contributed by atoms with Gasteiger partial charge in [-0.1, -0.05) is 0 Å². The first-order valence-corrected chi connectivity index (χ1v) is 4.26. The number of nitrogens with zero attached hydrogens (tertiary/aromatic N) is 1. The van der Waals surface area contributed by atoms with Gasteiger partial charge in [-0.15, -0.1) is 0 Å². The van der Waals surface area contributed by atoms with Crippen molar-refractivity contribution in [1.29, 1.82) is 0 Å². The highest BCUT2D eigenvalue weighted by Crippen LogP contribution is 2.33. The van der Waals surface area contributed by atoms with Crippen molar-refractivity contribution in [2.75, 3.05) is 13.1 Å². The molecule has 0 saturated heterocycles. The number of hydrogen-bond acceptors (Lipinski definition) is 2. The standard InChI is InChI=1S/C8H14NO/c10-9(5-7-1-2-7)6-8-3-4-8/h7-8H,1-6H2/q-1. The molecule has 0 radical (unpaired) electrons. The van der Waals surface area contributed by atoms with Gasteiger partial charge in [0.25, 0.3) is 0 Å². The first-order valence-electron chi connectivity index (χ1n) is 4.26. The predicted molar refractivity (Wildman–Crippen MR) is 40.4 cm³/mol. The van der Waals surface area contributed by atoms with E-state index in [4.69, 9.17) is 0 Å². The van der Waals surface area contributed by atoms with E-state index in [1.165, 1.54) is 30.7 Å². The van der Waals surface area contributed by atoms with Crippen molar-refractivity contribution < 1.29 is 0 Å². The van der Waals surface area contributed by atoms with E-state index in [1.54, 1.807) is 0 Å². The van der Waals surface area contributed by atoms with Crippen LogP contribution in [0.1, 0.15) is 25.7 Å². The zero-order valence-corrected chi connectivity index (χ0v) is 6.25. The molecule has 0 bridgehead atoms. The van der Waals surface area contributed by atoms with Crippen molar-refractivity contribution in [1.82, 2.24) is 5.06 Å². The molecule has 0 aromatic rings. The summed E-state index contributed by atoms with van der Waals surface area (Å²) in [6.07, 6.45) is 5.18. The van der Waals surface area contributed by atoms with Crippen molar-refractivity contribution in [2.45, 2.75) is 25.7 Å². The Labute approximate surface area is 61.8 Å². The normalized spacial score (nSPS) is 25.8. The van der Waals surface area contributed by atoms with Crippen molar-refractivity contribution in [3.05, 3.63) is 5.21 Å². The molecule has 0 unspecified atom stereocenters. The van der Waals surface area contributed by atoms with Crippen molar-refractivity contribution in [2.24, 2.45) is 11.8 Å². The molecule has 0 atom stereocenters. The van der Waals surface area contributed by atoms with Gasteiger partial charge in [-0.3, -0.25) is 0 Å². The summed E-state index contributed by atoms with van der Waals surface area (Å²) in [5.74, 6) is 1.52. The fraction of sp³-hybridized carbons (Fsp3) is 1.00. The summed E-state index contributed by atoms with van der Waals surface area (Å²) in [5, 5.41) is 12.3. The van der Waals surface area contributed by atoms with Crippen LogP contribution in [0.2, 0.25) is 0 Å². The summed E-state index contributed by atoms with van der Waals surface area (Å²) in [4.78, 5) is 0. The van der Waals surface area contributed by atoms with E-state index in [0.717, 1.165) is 24.9 Å². The highest BCUT2D eigenvalue weighted by molar-refractivity contribution is 4.82. The van der Waals surface area contributed by atoms with Crippen molar-refractivity contribution in [3.8, 4) is 0 Å². The Balaban J connectivity index is 1.60. The van der Waals surface area contributed by atoms with E-state index in [-0.39, 0.29) is 0 Å². The van der Waals surface area contributed by atoms with Crippen LogP contribution in [0.15, 0.2) is 0 Å². The molecule has 2 aliphatic carbocycles. The summed E-state index contributed by atoms with van der Waals surface area (Å²) in [6.45, 7) is 1.63. The Morgan fingerprint density at radius 1 is 1.00 bits per heavy atom. The zero-order valence-electron chi connectivity index (χ0n) is 6.25. The lowest BCUT2D eigenvalue weighted by molar-refractivity contribution is 0.346. The Kier molecular flexibility index (Phi) is 1.66. The summed E-state index contributed by atoms with van der Waals surface area (Å²) < 4.78 is 0. The van der Waals surface area contributed by atoms with Crippen molar-refractivity contribution >= 4 is 0 Å². The maximum absolute atomic E-state index is 11.1. The molecule has 0 spiro atoms. The molecule has 0 aromatic carbocycles. The van der Waals surface area contributed by atoms with Crippen LogP contribution in [0.25, 0.3) is 0 Å². The minimum atomic E-state index is 0.760. The predicted octanol–water partition coefficient (Wildman–Crippen LogP) is 1.61. The molecule has 58 valence electrons. The highest BCUT2D eigenvalue weighted by atomic mass is 16.5. The summed E-state index contributed by atoms with van der Waals surface area (Å²) in [5.41, 5.74) is 0. The van der Waals surface area contributed by atoms with E-state index in [2.05, 4.69) is 0 Å². The third-order valence-electron chi connectivity index (χ3n) is 2.32. The van der Waals surface area contributed by atoms with Gasteiger partial charge in [-0.2, -0.15) is 0 Å². The van der Waals surface area contributed by atoms with Gasteiger partial charge < -0.3 is 10.3 Å². The highest BCUT2D eigenvalue weighted by Gasteiger charge is 2.25. The summed E-state index contributed by atoms with van der Waals surface area (Å²) in [7, 11) is 0. The number of rotatable bonds is 4. The Morgan fingerprint density at radius 2 is 1.40 bits per heavy atom. The van der Waals surface area contributed by atoms with Gasteiger partial charge >= 0.3 is 0 Å². The van der Waals surface area contributed by atoms with Gasteiger partial charge in [-0.05, 0) is 50.6 Å². The van der Waals surface area contributed by atoms with Gasteiger partial charge in [0.1, 0.15) is 0 Å². The van der Waals surface area contributed by atoms with Crippen LogP contribution in [-0.4, -0.2) is 18.2 Å². The fourth-order valence-corrected chi connectivity index (χ4v) is 1.25. The molecule has 2 heteroatoms. The fourth-order valence-electron chi connectivity index (χ4n) is 1.25. The van der Waals surface area contributed by atoms with Gasteiger partial charge in [0.05, 0.1) is 0 Å². The smallest absolute Gasteiger partial charge is 0.0116 e. The Morgan fingerprint density at radius 3 is 1.70 bits per heavy atom. The van der Waals surface area contributed by atoms with Crippen LogP contribution in [-0.2, 0) is 0 Å². The average molecular weight is 140 g/mol. The second-order valence-corrected chi connectivity index (χ2v) is 3.73. The molecule has 0 amide bonds. The van der Waals surface area contributed by atoms with Crippen LogP contribution in [0.5, 0.6) is 0 Å². The molecule has 0 aromatic heterocycles. The molecule has 0 aliphatic heterocycles. The molecule has 2 fully saturated rings. The molecule has 2 saturated carbocycles. The Hall–Kier alpha value is -0.0800.